The summed E-state index contributed by atoms with van der Waals surface area (Å²) in [6.45, 7) is 6.52. The summed E-state index contributed by atoms with van der Waals surface area (Å²) in [5, 5.41) is 0.561. The molecule has 1 saturated heterocycles. The molecule has 0 bridgehead atoms. The summed E-state index contributed by atoms with van der Waals surface area (Å²) in [7, 11) is 0. The summed E-state index contributed by atoms with van der Waals surface area (Å²) in [5.41, 5.74) is 0. The fourth-order valence-electron chi connectivity index (χ4n) is 2.46. The Hall–Kier alpha value is -0.830. The Bertz CT molecular complexity index is 381. The minimum absolute atomic E-state index is 0.561. The van der Waals surface area contributed by atoms with E-state index in [1.54, 1.807) is 0 Å². The molecule has 94 valence electrons. The number of rotatable bonds is 4. The summed E-state index contributed by atoms with van der Waals surface area (Å²) in [6, 6.07) is 1.88. The van der Waals surface area contributed by atoms with Gasteiger partial charge < -0.3 is 4.90 Å². The molecule has 4 heteroatoms. The van der Waals surface area contributed by atoms with Gasteiger partial charge in [-0.1, -0.05) is 31.9 Å². The number of hydrogen-bond acceptors (Lipinski definition) is 3. The van der Waals surface area contributed by atoms with E-state index in [0.29, 0.717) is 5.15 Å². The van der Waals surface area contributed by atoms with Crippen LogP contribution >= 0.6 is 11.6 Å². The van der Waals surface area contributed by atoms with Gasteiger partial charge >= 0.3 is 0 Å². The van der Waals surface area contributed by atoms with E-state index in [1.807, 2.05) is 6.07 Å². The minimum atomic E-state index is 0.561. The van der Waals surface area contributed by atoms with Crippen LogP contribution in [0.25, 0.3) is 0 Å². The highest BCUT2D eigenvalue weighted by Crippen LogP contribution is 2.26. The second kappa shape index (κ2) is 5.67. The Balaban J connectivity index is 2.10. The smallest absolute Gasteiger partial charge is 0.134 e. The predicted molar refractivity (Wildman–Crippen MR) is 71.6 cm³/mol. The maximum absolute atomic E-state index is 6.03. The van der Waals surface area contributed by atoms with Crippen LogP contribution in [0.2, 0.25) is 5.15 Å². The van der Waals surface area contributed by atoms with Gasteiger partial charge in [0.05, 0.1) is 0 Å². The predicted octanol–water partition coefficient (Wildman–Crippen LogP) is 3.32. The highest BCUT2D eigenvalue weighted by atomic mass is 35.5. The Morgan fingerprint density at radius 3 is 2.94 bits per heavy atom. The van der Waals surface area contributed by atoms with Gasteiger partial charge in [0.2, 0.25) is 0 Å². The van der Waals surface area contributed by atoms with Crippen LogP contribution in [0, 0.1) is 5.92 Å². The first kappa shape index (κ1) is 12.6. The fraction of sp³-hybridized carbons (Fsp3) is 0.692. The number of anilines is 1. The van der Waals surface area contributed by atoms with Crippen molar-refractivity contribution in [3.63, 3.8) is 0 Å². The Labute approximate surface area is 108 Å². The highest BCUT2D eigenvalue weighted by Gasteiger charge is 2.23. The molecule has 1 aliphatic rings. The quantitative estimate of drug-likeness (QED) is 0.771. The first-order chi connectivity index (χ1) is 8.22. The summed E-state index contributed by atoms with van der Waals surface area (Å²) in [6.07, 6.45) is 4.69. The van der Waals surface area contributed by atoms with Crippen molar-refractivity contribution in [3.05, 3.63) is 17.0 Å². The molecule has 1 fully saturated rings. The third-order valence-corrected chi connectivity index (χ3v) is 3.54. The van der Waals surface area contributed by atoms with Crippen LogP contribution in [0.3, 0.4) is 0 Å². The maximum Gasteiger partial charge on any atom is 0.134 e. The molecule has 0 amide bonds. The lowest BCUT2D eigenvalue weighted by atomic mass is 10.0. The average molecular weight is 254 g/mol. The minimum Gasteiger partial charge on any atom is -0.356 e. The van der Waals surface area contributed by atoms with Gasteiger partial charge in [0.25, 0.3) is 0 Å². The van der Waals surface area contributed by atoms with E-state index in [1.165, 1.54) is 19.3 Å². The van der Waals surface area contributed by atoms with Crippen molar-refractivity contribution >= 4 is 17.4 Å². The summed E-state index contributed by atoms with van der Waals surface area (Å²) < 4.78 is 0. The van der Waals surface area contributed by atoms with Gasteiger partial charge in [0.15, 0.2) is 0 Å². The van der Waals surface area contributed by atoms with Crippen molar-refractivity contribution in [1.82, 2.24) is 9.97 Å². The molecule has 1 unspecified atom stereocenters. The molecule has 1 aliphatic heterocycles. The molecule has 0 spiro atoms. The summed E-state index contributed by atoms with van der Waals surface area (Å²) in [4.78, 5) is 11.1. The molecule has 1 atom stereocenters. The molecule has 3 nitrogen and oxygen atoms in total. The van der Waals surface area contributed by atoms with Crippen LogP contribution in [-0.2, 0) is 6.42 Å². The van der Waals surface area contributed by atoms with E-state index in [4.69, 9.17) is 11.6 Å². The van der Waals surface area contributed by atoms with Gasteiger partial charge in [-0.3, -0.25) is 0 Å². The van der Waals surface area contributed by atoms with Crippen LogP contribution < -0.4 is 4.90 Å². The van der Waals surface area contributed by atoms with Crippen LogP contribution in [0.15, 0.2) is 6.07 Å². The second-order valence-corrected chi connectivity index (χ2v) is 5.10. The SMILES string of the molecule is CCCC1CCN(c2cc(Cl)nc(CC)n2)C1. The zero-order valence-electron chi connectivity index (χ0n) is 10.6. The zero-order chi connectivity index (χ0) is 12.3. The molecule has 2 rings (SSSR count). The molecule has 0 aliphatic carbocycles. The standard InChI is InChI=1S/C13H20ClN3/c1-3-5-10-6-7-17(9-10)13-8-11(14)15-12(4-2)16-13/h8,10H,3-7,9H2,1-2H3. The van der Waals surface area contributed by atoms with Gasteiger partial charge in [0.1, 0.15) is 16.8 Å². The monoisotopic (exact) mass is 253 g/mol. The molecule has 1 aromatic heterocycles. The Morgan fingerprint density at radius 2 is 2.24 bits per heavy atom. The van der Waals surface area contributed by atoms with E-state index < -0.39 is 0 Å². The highest BCUT2D eigenvalue weighted by molar-refractivity contribution is 6.29. The molecule has 0 saturated carbocycles. The van der Waals surface area contributed by atoms with E-state index in [9.17, 15) is 0 Å². The van der Waals surface area contributed by atoms with Crippen molar-refractivity contribution in [2.24, 2.45) is 5.92 Å². The topological polar surface area (TPSA) is 29.0 Å². The third kappa shape index (κ3) is 3.09. The maximum atomic E-state index is 6.03. The fourth-order valence-corrected chi connectivity index (χ4v) is 2.65. The summed E-state index contributed by atoms with van der Waals surface area (Å²) in [5.74, 6) is 2.66. The number of nitrogens with zero attached hydrogens (tertiary/aromatic N) is 3. The first-order valence-electron chi connectivity index (χ1n) is 6.51. The van der Waals surface area contributed by atoms with E-state index in [2.05, 4.69) is 28.7 Å². The van der Waals surface area contributed by atoms with Crippen LogP contribution in [0.5, 0.6) is 0 Å². The first-order valence-corrected chi connectivity index (χ1v) is 6.89. The number of aromatic nitrogens is 2. The third-order valence-electron chi connectivity index (χ3n) is 3.35. The van der Waals surface area contributed by atoms with Crippen molar-refractivity contribution in [2.45, 2.75) is 39.5 Å². The van der Waals surface area contributed by atoms with Gasteiger partial charge in [-0.25, -0.2) is 9.97 Å². The molecule has 17 heavy (non-hydrogen) atoms. The lowest BCUT2D eigenvalue weighted by Gasteiger charge is -2.18. The molecule has 0 aromatic carbocycles. The summed E-state index contributed by atoms with van der Waals surface area (Å²) >= 11 is 6.03. The zero-order valence-corrected chi connectivity index (χ0v) is 11.4. The Kier molecular flexibility index (Phi) is 4.21. The van der Waals surface area contributed by atoms with Crippen LogP contribution in [0.4, 0.5) is 5.82 Å². The van der Waals surface area contributed by atoms with Crippen LogP contribution in [0.1, 0.15) is 38.9 Å². The van der Waals surface area contributed by atoms with Gasteiger partial charge in [-0.05, 0) is 18.8 Å². The number of halogens is 1. The molecular formula is C13H20ClN3. The van der Waals surface area contributed by atoms with E-state index in [0.717, 1.165) is 37.1 Å². The van der Waals surface area contributed by atoms with Crippen molar-refractivity contribution in [3.8, 4) is 0 Å². The Morgan fingerprint density at radius 1 is 1.41 bits per heavy atom. The molecular weight excluding hydrogens is 234 g/mol. The van der Waals surface area contributed by atoms with Gasteiger partial charge in [-0.15, -0.1) is 0 Å². The second-order valence-electron chi connectivity index (χ2n) is 4.71. The van der Waals surface area contributed by atoms with Gasteiger partial charge in [-0.2, -0.15) is 0 Å². The van der Waals surface area contributed by atoms with Gasteiger partial charge in [0, 0.05) is 25.6 Å². The number of hydrogen-bond donors (Lipinski definition) is 0. The molecule has 2 heterocycles. The van der Waals surface area contributed by atoms with Crippen molar-refractivity contribution in [1.29, 1.82) is 0 Å². The average Bonchev–Trinajstić information content (AvgIpc) is 2.77. The van der Waals surface area contributed by atoms with Crippen LogP contribution in [-0.4, -0.2) is 23.1 Å². The lowest BCUT2D eigenvalue weighted by molar-refractivity contribution is 0.529. The molecule has 0 radical (unpaired) electrons. The van der Waals surface area contributed by atoms with E-state index >= 15 is 0 Å². The normalized spacial score (nSPS) is 19.9. The largest absolute Gasteiger partial charge is 0.356 e. The molecule has 1 aromatic rings. The molecule has 0 N–H and O–H groups in total. The van der Waals surface area contributed by atoms with Crippen molar-refractivity contribution < 1.29 is 0 Å². The number of aryl methyl sites for hydroxylation is 1. The van der Waals surface area contributed by atoms with Crippen molar-refractivity contribution in [2.75, 3.05) is 18.0 Å². The van der Waals surface area contributed by atoms with E-state index in [-0.39, 0.29) is 0 Å². The lowest BCUT2D eigenvalue weighted by Crippen LogP contribution is -2.21.